The van der Waals surface area contributed by atoms with Crippen LogP contribution in [0, 0.1) is 25.2 Å². The summed E-state index contributed by atoms with van der Waals surface area (Å²) >= 11 is 0. The van der Waals surface area contributed by atoms with Gasteiger partial charge in [0, 0.05) is 43.7 Å². The third-order valence-corrected chi connectivity index (χ3v) is 7.28. The van der Waals surface area contributed by atoms with Crippen molar-refractivity contribution in [3.8, 4) is 0 Å². The van der Waals surface area contributed by atoms with Gasteiger partial charge in [0.1, 0.15) is 0 Å². The summed E-state index contributed by atoms with van der Waals surface area (Å²) in [4.78, 5) is 14.8. The Labute approximate surface area is 166 Å². The van der Waals surface area contributed by atoms with E-state index in [0.717, 1.165) is 29.9 Å². The highest BCUT2D eigenvalue weighted by molar-refractivity contribution is 5.93. The smallest absolute Gasteiger partial charge is 0.248 e. The van der Waals surface area contributed by atoms with Crippen LogP contribution in [0.3, 0.4) is 0 Å². The molecule has 3 fully saturated rings. The standard InChI is InChI=1S/C23H32F2N2O/c1-16-11-19(27-9-7-22(8-10-27)5-3-4-6-22)12-17(2)21(16)26-20(28)13-18-14-23(24,25)15-18/h11-12,18H,3-10,13-15H2,1-2H3,(H,26,28). The molecule has 1 N–H and O–H groups in total. The number of nitrogens with zero attached hydrogens (tertiary/aromatic N) is 1. The van der Waals surface area contributed by atoms with Crippen LogP contribution in [0.4, 0.5) is 20.2 Å². The van der Waals surface area contributed by atoms with E-state index < -0.39 is 5.92 Å². The fraction of sp³-hybridized carbons (Fsp3) is 0.696. The van der Waals surface area contributed by atoms with E-state index in [2.05, 4.69) is 22.3 Å². The molecule has 154 valence electrons. The molecule has 0 unspecified atom stereocenters. The van der Waals surface area contributed by atoms with Crippen molar-refractivity contribution < 1.29 is 13.6 Å². The van der Waals surface area contributed by atoms with Crippen LogP contribution in [-0.2, 0) is 4.79 Å². The molecule has 3 aliphatic rings. The molecule has 2 saturated carbocycles. The van der Waals surface area contributed by atoms with Gasteiger partial charge in [-0.3, -0.25) is 4.79 Å². The van der Waals surface area contributed by atoms with Gasteiger partial charge in [-0.1, -0.05) is 12.8 Å². The van der Waals surface area contributed by atoms with Gasteiger partial charge in [-0.2, -0.15) is 0 Å². The van der Waals surface area contributed by atoms with Crippen LogP contribution in [0.5, 0.6) is 0 Å². The Bertz CT molecular complexity index is 714. The lowest BCUT2D eigenvalue weighted by atomic mass is 9.77. The second-order valence-corrected chi connectivity index (χ2v) is 9.53. The van der Waals surface area contributed by atoms with Crippen molar-refractivity contribution in [2.75, 3.05) is 23.3 Å². The molecule has 1 aromatic rings. The average molecular weight is 391 g/mol. The SMILES string of the molecule is Cc1cc(N2CCC3(CCCC3)CC2)cc(C)c1NC(=O)CC1CC(F)(F)C1. The van der Waals surface area contributed by atoms with Crippen LogP contribution in [0.2, 0.25) is 0 Å². The van der Waals surface area contributed by atoms with Gasteiger partial charge in [-0.15, -0.1) is 0 Å². The van der Waals surface area contributed by atoms with Gasteiger partial charge in [0.2, 0.25) is 11.8 Å². The van der Waals surface area contributed by atoms with E-state index in [9.17, 15) is 13.6 Å². The van der Waals surface area contributed by atoms with Gasteiger partial charge < -0.3 is 10.2 Å². The summed E-state index contributed by atoms with van der Waals surface area (Å²) in [5.41, 5.74) is 4.77. The fourth-order valence-electron chi connectivity index (χ4n) is 5.57. The molecule has 1 aromatic carbocycles. The number of hydrogen-bond donors (Lipinski definition) is 1. The van der Waals surface area contributed by atoms with Crippen LogP contribution < -0.4 is 10.2 Å². The molecule has 1 aliphatic heterocycles. The molecule has 4 rings (SSSR count). The third-order valence-electron chi connectivity index (χ3n) is 7.28. The Kier molecular flexibility index (Phi) is 5.13. The molecule has 0 atom stereocenters. The first-order valence-electron chi connectivity index (χ1n) is 10.8. The zero-order valence-corrected chi connectivity index (χ0v) is 17.1. The van der Waals surface area contributed by atoms with E-state index in [4.69, 9.17) is 0 Å². The Morgan fingerprint density at radius 1 is 1.07 bits per heavy atom. The molecule has 1 heterocycles. The maximum atomic E-state index is 13.0. The number of alkyl halides is 2. The molecule has 0 aromatic heterocycles. The number of nitrogens with one attached hydrogen (secondary N) is 1. The van der Waals surface area contributed by atoms with Gasteiger partial charge in [0.15, 0.2) is 0 Å². The van der Waals surface area contributed by atoms with Gasteiger partial charge in [-0.25, -0.2) is 8.78 Å². The summed E-state index contributed by atoms with van der Waals surface area (Å²) in [5, 5.41) is 2.97. The number of halogens is 2. The molecule has 5 heteroatoms. The molecule has 0 radical (unpaired) electrons. The summed E-state index contributed by atoms with van der Waals surface area (Å²) in [6.07, 6.45) is 8.03. The minimum absolute atomic E-state index is 0.152. The number of piperidine rings is 1. The minimum atomic E-state index is -2.57. The Morgan fingerprint density at radius 2 is 1.64 bits per heavy atom. The van der Waals surface area contributed by atoms with Crippen LogP contribution in [0.1, 0.15) is 68.9 Å². The second kappa shape index (κ2) is 7.31. The van der Waals surface area contributed by atoms with Crippen molar-refractivity contribution in [1.82, 2.24) is 0 Å². The van der Waals surface area contributed by atoms with E-state index in [0.29, 0.717) is 5.41 Å². The molecule has 0 bridgehead atoms. The lowest BCUT2D eigenvalue weighted by Gasteiger charge is -2.40. The van der Waals surface area contributed by atoms with E-state index in [1.807, 2.05) is 13.8 Å². The monoisotopic (exact) mass is 390 g/mol. The molecule has 1 spiro atoms. The number of carbonyl (C=O) groups excluding carboxylic acids is 1. The first-order valence-corrected chi connectivity index (χ1v) is 10.8. The molecular formula is C23H32F2N2O. The summed E-state index contributed by atoms with van der Waals surface area (Å²) < 4.78 is 26.0. The normalized spacial score (nSPS) is 23.6. The van der Waals surface area contributed by atoms with E-state index in [-0.39, 0.29) is 31.1 Å². The quantitative estimate of drug-likeness (QED) is 0.701. The first-order chi connectivity index (χ1) is 13.3. The predicted molar refractivity (Wildman–Crippen MR) is 109 cm³/mol. The van der Waals surface area contributed by atoms with E-state index in [1.54, 1.807) is 0 Å². The summed E-state index contributed by atoms with van der Waals surface area (Å²) in [7, 11) is 0. The Balaban J connectivity index is 1.37. The van der Waals surface area contributed by atoms with Crippen LogP contribution in [0.25, 0.3) is 0 Å². The maximum absolute atomic E-state index is 13.0. The molecule has 1 saturated heterocycles. The number of rotatable bonds is 4. The number of amides is 1. The highest BCUT2D eigenvalue weighted by atomic mass is 19.3. The number of anilines is 2. The lowest BCUT2D eigenvalue weighted by Crippen LogP contribution is -2.39. The maximum Gasteiger partial charge on any atom is 0.248 e. The number of aryl methyl sites for hydroxylation is 2. The Hall–Kier alpha value is -1.65. The highest BCUT2D eigenvalue weighted by Gasteiger charge is 2.45. The van der Waals surface area contributed by atoms with Gasteiger partial charge in [0.05, 0.1) is 0 Å². The minimum Gasteiger partial charge on any atom is -0.371 e. The topological polar surface area (TPSA) is 32.3 Å². The molecule has 28 heavy (non-hydrogen) atoms. The lowest BCUT2D eigenvalue weighted by molar-refractivity contribution is -0.129. The van der Waals surface area contributed by atoms with Crippen LogP contribution in [-0.4, -0.2) is 24.9 Å². The highest BCUT2D eigenvalue weighted by Crippen LogP contribution is 2.47. The zero-order valence-electron chi connectivity index (χ0n) is 17.1. The number of benzene rings is 1. The molecule has 2 aliphatic carbocycles. The third kappa shape index (κ3) is 4.04. The van der Waals surface area contributed by atoms with Crippen molar-refractivity contribution in [2.24, 2.45) is 11.3 Å². The summed E-state index contributed by atoms with van der Waals surface area (Å²) in [6.45, 7) is 6.26. The van der Waals surface area contributed by atoms with Crippen LogP contribution >= 0.6 is 0 Å². The van der Waals surface area contributed by atoms with Crippen LogP contribution in [0.15, 0.2) is 12.1 Å². The average Bonchev–Trinajstić information content (AvgIpc) is 3.05. The van der Waals surface area contributed by atoms with Gasteiger partial charge in [0.25, 0.3) is 0 Å². The van der Waals surface area contributed by atoms with Crippen molar-refractivity contribution in [3.05, 3.63) is 23.3 Å². The Morgan fingerprint density at radius 3 is 2.18 bits per heavy atom. The molecule has 1 amide bonds. The molecular weight excluding hydrogens is 358 g/mol. The fourth-order valence-corrected chi connectivity index (χ4v) is 5.57. The summed E-state index contributed by atoms with van der Waals surface area (Å²) in [5.74, 6) is -2.91. The van der Waals surface area contributed by atoms with Crippen molar-refractivity contribution in [3.63, 3.8) is 0 Å². The summed E-state index contributed by atoms with van der Waals surface area (Å²) in [6, 6.07) is 4.32. The molecule has 3 nitrogen and oxygen atoms in total. The first kappa shape index (κ1) is 19.7. The second-order valence-electron chi connectivity index (χ2n) is 9.53. The predicted octanol–water partition coefficient (Wildman–Crippen LogP) is 5.84. The largest absolute Gasteiger partial charge is 0.371 e. The van der Waals surface area contributed by atoms with E-state index in [1.165, 1.54) is 44.2 Å². The zero-order chi connectivity index (χ0) is 19.9. The van der Waals surface area contributed by atoms with Crippen molar-refractivity contribution in [2.45, 2.75) is 77.6 Å². The number of carbonyl (C=O) groups is 1. The van der Waals surface area contributed by atoms with Crippen molar-refractivity contribution in [1.29, 1.82) is 0 Å². The van der Waals surface area contributed by atoms with Gasteiger partial charge in [-0.05, 0) is 74.1 Å². The van der Waals surface area contributed by atoms with Crippen molar-refractivity contribution >= 4 is 17.3 Å². The van der Waals surface area contributed by atoms with E-state index >= 15 is 0 Å². The number of hydrogen-bond acceptors (Lipinski definition) is 2. The van der Waals surface area contributed by atoms with Gasteiger partial charge >= 0.3 is 0 Å².